The van der Waals surface area contributed by atoms with E-state index < -0.39 is 0 Å². The maximum Gasteiger partial charge on any atom is 0.315 e. The van der Waals surface area contributed by atoms with Crippen molar-refractivity contribution in [2.45, 2.75) is 39.8 Å². The Morgan fingerprint density at radius 1 is 1.50 bits per heavy atom. The van der Waals surface area contributed by atoms with E-state index in [2.05, 4.69) is 22.7 Å². The topological polar surface area (TPSA) is 67.2 Å². The molecule has 0 aliphatic carbocycles. The number of hydrogen-bond donors (Lipinski definition) is 2. The number of rotatable bonds is 5. The first-order valence-electron chi connectivity index (χ1n) is 6.61. The molecular weight excluding hydrogens is 274 g/mol. The SMILES string of the molecule is CCC(NC(=O)NCc1c(C)noc1C)c1cccs1. The summed E-state index contributed by atoms with van der Waals surface area (Å²) in [5, 5.41) is 11.7. The van der Waals surface area contributed by atoms with Gasteiger partial charge in [-0.1, -0.05) is 18.1 Å². The van der Waals surface area contributed by atoms with Gasteiger partial charge in [-0.3, -0.25) is 0 Å². The minimum Gasteiger partial charge on any atom is -0.361 e. The average molecular weight is 293 g/mol. The third-order valence-corrected chi connectivity index (χ3v) is 4.19. The maximum atomic E-state index is 12.0. The number of hydrogen-bond acceptors (Lipinski definition) is 4. The molecule has 2 aromatic heterocycles. The Morgan fingerprint density at radius 2 is 2.30 bits per heavy atom. The summed E-state index contributed by atoms with van der Waals surface area (Å²) in [6.07, 6.45) is 0.860. The van der Waals surface area contributed by atoms with Crippen LogP contribution in [0.4, 0.5) is 4.79 Å². The van der Waals surface area contributed by atoms with Crippen molar-refractivity contribution in [3.63, 3.8) is 0 Å². The van der Waals surface area contributed by atoms with Gasteiger partial charge in [0.1, 0.15) is 5.76 Å². The highest BCUT2D eigenvalue weighted by Crippen LogP contribution is 2.21. The molecule has 0 aromatic carbocycles. The van der Waals surface area contributed by atoms with Crippen LogP contribution in [0, 0.1) is 13.8 Å². The molecule has 0 aliphatic heterocycles. The van der Waals surface area contributed by atoms with Crippen molar-refractivity contribution in [2.24, 2.45) is 0 Å². The van der Waals surface area contributed by atoms with Crippen molar-refractivity contribution < 1.29 is 9.32 Å². The number of carbonyl (C=O) groups excluding carboxylic acids is 1. The van der Waals surface area contributed by atoms with Crippen LogP contribution < -0.4 is 10.6 Å². The molecule has 0 saturated heterocycles. The van der Waals surface area contributed by atoms with Crippen LogP contribution in [0.15, 0.2) is 22.0 Å². The van der Waals surface area contributed by atoms with E-state index in [1.54, 1.807) is 11.3 Å². The largest absolute Gasteiger partial charge is 0.361 e. The number of thiophene rings is 1. The van der Waals surface area contributed by atoms with Gasteiger partial charge in [-0.2, -0.15) is 0 Å². The number of aromatic nitrogens is 1. The highest BCUT2D eigenvalue weighted by atomic mass is 32.1. The molecule has 0 radical (unpaired) electrons. The van der Waals surface area contributed by atoms with E-state index in [9.17, 15) is 4.79 Å². The third kappa shape index (κ3) is 3.39. The van der Waals surface area contributed by atoms with Gasteiger partial charge < -0.3 is 15.2 Å². The first-order chi connectivity index (χ1) is 9.61. The van der Waals surface area contributed by atoms with Crippen LogP contribution in [0.1, 0.15) is 41.3 Å². The quantitative estimate of drug-likeness (QED) is 0.888. The minimum absolute atomic E-state index is 0.0552. The summed E-state index contributed by atoms with van der Waals surface area (Å²) < 4.78 is 5.07. The van der Waals surface area contributed by atoms with Crippen LogP contribution in [0.5, 0.6) is 0 Å². The first-order valence-corrected chi connectivity index (χ1v) is 7.49. The molecule has 0 aliphatic rings. The third-order valence-electron chi connectivity index (χ3n) is 3.21. The van der Waals surface area contributed by atoms with E-state index in [0.717, 1.165) is 23.4 Å². The zero-order valence-electron chi connectivity index (χ0n) is 11.9. The van der Waals surface area contributed by atoms with Crippen LogP contribution in [0.25, 0.3) is 0 Å². The molecule has 0 saturated carbocycles. The van der Waals surface area contributed by atoms with Crippen LogP contribution in [-0.4, -0.2) is 11.2 Å². The van der Waals surface area contributed by atoms with Crippen molar-refractivity contribution >= 4 is 17.4 Å². The Kier molecular flexibility index (Phi) is 4.79. The molecule has 2 amide bonds. The normalized spacial score (nSPS) is 12.2. The summed E-state index contributed by atoms with van der Waals surface area (Å²) >= 11 is 1.65. The van der Waals surface area contributed by atoms with Gasteiger partial charge in [0.2, 0.25) is 0 Å². The Hall–Kier alpha value is -1.82. The molecule has 108 valence electrons. The minimum atomic E-state index is -0.176. The van der Waals surface area contributed by atoms with Crippen molar-refractivity contribution in [3.05, 3.63) is 39.4 Å². The van der Waals surface area contributed by atoms with Gasteiger partial charge >= 0.3 is 6.03 Å². The second kappa shape index (κ2) is 6.56. The average Bonchev–Trinajstić information content (AvgIpc) is 3.05. The Balaban J connectivity index is 1.89. The zero-order chi connectivity index (χ0) is 14.5. The monoisotopic (exact) mass is 293 g/mol. The van der Waals surface area contributed by atoms with Crippen molar-refractivity contribution in [3.8, 4) is 0 Å². The zero-order valence-corrected chi connectivity index (χ0v) is 12.7. The van der Waals surface area contributed by atoms with Gasteiger partial charge in [0.15, 0.2) is 0 Å². The smallest absolute Gasteiger partial charge is 0.315 e. The van der Waals surface area contributed by atoms with E-state index in [-0.39, 0.29) is 12.1 Å². The standard InChI is InChI=1S/C14H19N3O2S/c1-4-12(13-6-5-7-20-13)16-14(18)15-8-11-9(2)17-19-10(11)3/h5-7,12H,4,8H2,1-3H3,(H2,15,16,18). The Bertz CT molecular complexity index is 543. The summed E-state index contributed by atoms with van der Waals surface area (Å²) in [5.41, 5.74) is 1.75. The lowest BCUT2D eigenvalue weighted by Gasteiger charge is -2.16. The molecule has 2 N–H and O–H groups in total. The van der Waals surface area contributed by atoms with Gasteiger partial charge in [0.25, 0.3) is 0 Å². The fourth-order valence-corrected chi connectivity index (χ4v) is 2.86. The molecule has 0 fully saturated rings. The molecule has 2 aromatic rings. The number of nitrogens with one attached hydrogen (secondary N) is 2. The predicted octanol–water partition coefficient (Wildman–Crippen LogP) is 3.30. The molecule has 1 atom stereocenters. The van der Waals surface area contributed by atoms with Gasteiger partial charge in [0, 0.05) is 17.0 Å². The summed E-state index contributed by atoms with van der Waals surface area (Å²) in [7, 11) is 0. The van der Waals surface area contributed by atoms with Crippen molar-refractivity contribution in [2.75, 3.05) is 0 Å². The van der Waals surface area contributed by atoms with Crippen molar-refractivity contribution in [1.82, 2.24) is 15.8 Å². The lowest BCUT2D eigenvalue weighted by molar-refractivity contribution is 0.236. The maximum absolute atomic E-state index is 12.0. The van der Waals surface area contributed by atoms with Crippen LogP contribution in [0.2, 0.25) is 0 Å². The summed E-state index contributed by atoms with van der Waals surface area (Å²) in [6.45, 7) is 6.19. The molecule has 2 heterocycles. The Morgan fingerprint density at radius 3 is 2.85 bits per heavy atom. The highest BCUT2D eigenvalue weighted by Gasteiger charge is 2.14. The molecule has 1 unspecified atom stereocenters. The predicted molar refractivity (Wildman–Crippen MR) is 78.7 cm³/mol. The van der Waals surface area contributed by atoms with E-state index in [1.807, 2.05) is 31.4 Å². The number of urea groups is 1. The van der Waals surface area contributed by atoms with Crippen molar-refractivity contribution in [1.29, 1.82) is 0 Å². The van der Waals surface area contributed by atoms with E-state index in [4.69, 9.17) is 4.52 Å². The molecule has 5 nitrogen and oxygen atoms in total. The van der Waals surface area contributed by atoms with Gasteiger partial charge in [-0.25, -0.2) is 4.79 Å². The van der Waals surface area contributed by atoms with Gasteiger partial charge in [-0.15, -0.1) is 11.3 Å². The highest BCUT2D eigenvalue weighted by molar-refractivity contribution is 7.10. The fraction of sp³-hybridized carbons (Fsp3) is 0.429. The number of aryl methyl sites for hydroxylation is 2. The lowest BCUT2D eigenvalue weighted by atomic mass is 10.2. The van der Waals surface area contributed by atoms with Crippen LogP contribution in [-0.2, 0) is 6.54 Å². The molecular formula is C14H19N3O2S. The van der Waals surface area contributed by atoms with E-state index in [0.29, 0.717) is 6.54 Å². The second-order valence-corrected chi connectivity index (χ2v) is 5.59. The van der Waals surface area contributed by atoms with E-state index in [1.165, 1.54) is 4.88 Å². The van der Waals surface area contributed by atoms with E-state index >= 15 is 0 Å². The first kappa shape index (κ1) is 14.6. The van der Waals surface area contributed by atoms with Crippen LogP contribution >= 0.6 is 11.3 Å². The van der Waals surface area contributed by atoms with Gasteiger partial charge in [0.05, 0.1) is 11.7 Å². The molecule has 0 bridgehead atoms. The molecule has 6 heteroatoms. The van der Waals surface area contributed by atoms with Gasteiger partial charge in [-0.05, 0) is 31.7 Å². The number of amides is 2. The number of nitrogens with zero attached hydrogens (tertiary/aromatic N) is 1. The van der Waals surface area contributed by atoms with Crippen LogP contribution in [0.3, 0.4) is 0 Å². The fourth-order valence-electron chi connectivity index (χ4n) is 2.00. The summed E-state index contributed by atoms with van der Waals surface area (Å²) in [4.78, 5) is 13.1. The second-order valence-electron chi connectivity index (χ2n) is 4.61. The summed E-state index contributed by atoms with van der Waals surface area (Å²) in [6, 6.07) is 3.91. The summed E-state index contributed by atoms with van der Waals surface area (Å²) in [5.74, 6) is 0.744. The Labute approximate surface area is 122 Å². The molecule has 2 rings (SSSR count). The molecule has 0 spiro atoms. The number of carbonyl (C=O) groups is 1. The lowest BCUT2D eigenvalue weighted by Crippen LogP contribution is -2.37. The molecule has 20 heavy (non-hydrogen) atoms.